The molecular formula is C25H23N5O3S. The van der Waals surface area contributed by atoms with Gasteiger partial charge in [-0.2, -0.15) is 0 Å². The topological polar surface area (TPSA) is 92.0 Å². The zero-order chi connectivity index (χ0) is 23.5. The predicted molar refractivity (Wildman–Crippen MR) is 129 cm³/mol. The molecule has 172 valence electrons. The lowest BCUT2D eigenvalue weighted by Gasteiger charge is -2.11. The van der Waals surface area contributed by atoms with E-state index in [0.717, 1.165) is 33.6 Å². The SMILES string of the molecule is COc1cccc(-c2nnc(SC(C)c3nnc(-c4ccc(C)cc4)o3)n2Cc2ccco2)c1. The van der Waals surface area contributed by atoms with Gasteiger partial charge in [0.2, 0.25) is 11.8 Å². The summed E-state index contributed by atoms with van der Waals surface area (Å²) >= 11 is 1.50. The molecule has 0 aliphatic carbocycles. The van der Waals surface area contributed by atoms with E-state index in [1.165, 1.54) is 17.3 Å². The van der Waals surface area contributed by atoms with Crippen LogP contribution in [0.4, 0.5) is 0 Å². The molecule has 0 amide bonds. The van der Waals surface area contributed by atoms with Crippen molar-refractivity contribution in [1.29, 1.82) is 0 Å². The van der Waals surface area contributed by atoms with Crippen LogP contribution in [0.15, 0.2) is 80.9 Å². The minimum atomic E-state index is -0.135. The van der Waals surface area contributed by atoms with Crippen molar-refractivity contribution < 1.29 is 13.6 Å². The Hall–Kier alpha value is -3.85. The molecule has 9 heteroatoms. The lowest BCUT2D eigenvalue weighted by molar-refractivity contribution is 0.415. The van der Waals surface area contributed by atoms with Crippen LogP contribution in [0.2, 0.25) is 0 Å². The van der Waals surface area contributed by atoms with E-state index in [9.17, 15) is 0 Å². The predicted octanol–water partition coefficient (Wildman–Crippen LogP) is 5.81. The second-order valence-electron chi connectivity index (χ2n) is 7.78. The largest absolute Gasteiger partial charge is 0.497 e. The number of aromatic nitrogens is 5. The molecule has 0 aliphatic rings. The molecule has 0 N–H and O–H groups in total. The zero-order valence-corrected chi connectivity index (χ0v) is 19.8. The number of methoxy groups -OCH3 is 1. The maximum absolute atomic E-state index is 5.98. The van der Waals surface area contributed by atoms with Crippen LogP contribution in [0.3, 0.4) is 0 Å². The molecular weight excluding hydrogens is 450 g/mol. The van der Waals surface area contributed by atoms with Crippen molar-refractivity contribution in [2.24, 2.45) is 0 Å². The Morgan fingerprint density at radius 3 is 2.59 bits per heavy atom. The lowest BCUT2D eigenvalue weighted by Crippen LogP contribution is -2.04. The number of aryl methyl sites for hydroxylation is 1. The van der Waals surface area contributed by atoms with E-state index in [1.54, 1.807) is 13.4 Å². The van der Waals surface area contributed by atoms with E-state index < -0.39 is 0 Å². The summed E-state index contributed by atoms with van der Waals surface area (Å²) in [7, 11) is 1.64. The fourth-order valence-corrected chi connectivity index (χ4v) is 4.35. The zero-order valence-electron chi connectivity index (χ0n) is 19.0. The average molecular weight is 474 g/mol. The van der Waals surface area contributed by atoms with Crippen molar-refractivity contribution in [3.05, 3.63) is 84.1 Å². The van der Waals surface area contributed by atoms with Crippen LogP contribution in [0.5, 0.6) is 5.75 Å². The second kappa shape index (κ2) is 9.56. The minimum Gasteiger partial charge on any atom is -0.497 e. The van der Waals surface area contributed by atoms with Gasteiger partial charge in [-0.25, -0.2) is 0 Å². The van der Waals surface area contributed by atoms with E-state index >= 15 is 0 Å². The molecule has 0 aliphatic heterocycles. The molecule has 0 saturated heterocycles. The summed E-state index contributed by atoms with van der Waals surface area (Å²) in [6.07, 6.45) is 1.66. The van der Waals surface area contributed by atoms with Gasteiger partial charge in [-0.1, -0.05) is 41.6 Å². The van der Waals surface area contributed by atoms with Crippen molar-refractivity contribution in [2.45, 2.75) is 30.8 Å². The first-order valence-corrected chi connectivity index (χ1v) is 11.7. The molecule has 3 heterocycles. The third kappa shape index (κ3) is 4.60. The fourth-order valence-electron chi connectivity index (χ4n) is 3.47. The summed E-state index contributed by atoms with van der Waals surface area (Å²) in [6.45, 7) is 4.54. The Kier molecular flexibility index (Phi) is 6.18. The highest BCUT2D eigenvalue weighted by atomic mass is 32.2. The van der Waals surface area contributed by atoms with Crippen molar-refractivity contribution >= 4 is 11.8 Å². The van der Waals surface area contributed by atoms with E-state index in [-0.39, 0.29) is 5.25 Å². The second-order valence-corrected chi connectivity index (χ2v) is 9.08. The normalized spacial score (nSPS) is 12.1. The number of benzene rings is 2. The Morgan fingerprint density at radius 2 is 1.82 bits per heavy atom. The van der Waals surface area contributed by atoms with E-state index in [2.05, 4.69) is 20.4 Å². The molecule has 5 aromatic rings. The van der Waals surface area contributed by atoms with Crippen LogP contribution >= 0.6 is 11.8 Å². The van der Waals surface area contributed by atoms with E-state index in [1.807, 2.05) is 79.1 Å². The Labute approximate surface area is 201 Å². The van der Waals surface area contributed by atoms with Crippen molar-refractivity contribution in [2.75, 3.05) is 7.11 Å². The Morgan fingerprint density at radius 1 is 0.971 bits per heavy atom. The van der Waals surface area contributed by atoms with Gasteiger partial charge in [-0.3, -0.25) is 4.57 Å². The number of ether oxygens (including phenoxy) is 1. The smallest absolute Gasteiger partial charge is 0.247 e. The van der Waals surface area contributed by atoms with Crippen LogP contribution in [0.1, 0.15) is 29.4 Å². The number of rotatable bonds is 8. The standard InChI is InChI=1S/C25H23N5O3S/c1-16-9-11-18(12-10-16)24-28-27-23(33-24)17(2)34-25-29-26-22(19-6-4-7-20(14-19)31-3)30(25)15-21-8-5-13-32-21/h4-14,17H,15H2,1-3H3. The summed E-state index contributed by atoms with van der Waals surface area (Å²) in [5.74, 6) is 3.29. The number of hydrogen-bond acceptors (Lipinski definition) is 8. The minimum absolute atomic E-state index is 0.135. The quantitative estimate of drug-likeness (QED) is 0.261. The summed E-state index contributed by atoms with van der Waals surface area (Å²) < 4.78 is 19.0. The first kappa shape index (κ1) is 22.0. The van der Waals surface area contributed by atoms with Crippen LogP contribution in [-0.4, -0.2) is 32.1 Å². The molecule has 0 radical (unpaired) electrons. The molecule has 0 bridgehead atoms. The first-order valence-electron chi connectivity index (χ1n) is 10.8. The number of nitrogens with zero attached hydrogens (tertiary/aromatic N) is 5. The Bertz CT molecular complexity index is 1380. The van der Waals surface area contributed by atoms with E-state index in [0.29, 0.717) is 18.3 Å². The van der Waals surface area contributed by atoms with Gasteiger partial charge in [0.05, 0.1) is 25.2 Å². The number of furan rings is 1. The highest BCUT2D eigenvalue weighted by Gasteiger charge is 2.22. The molecule has 0 spiro atoms. The van der Waals surface area contributed by atoms with Crippen molar-refractivity contribution in [1.82, 2.24) is 25.0 Å². The average Bonchev–Trinajstić information content (AvgIpc) is 3.62. The van der Waals surface area contributed by atoms with Crippen LogP contribution in [0.25, 0.3) is 22.8 Å². The molecule has 0 saturated carbocycles. The van der Waals surface area contributed by atoms with E-state index in [4.69, 9.17) is 13.6 Å². The van der Waals surface area contributed by atoms with Crippen molar-refractivity contribution in [3.63, 3.8) is 0 Å². The number of hydrogen-bond donors (Lipinski definition) is 0. The molecule has 5 rings (SSSR count). The molecule has 3 aromatic heterocycles. The fraction of sp³-hybridized carbons (Fsp3) is 0.200. The third-order valence-electron chi connectivity index (χ3n) is 5.31. The van der Waals surface area contributed by atoms with Gasteiger partial charge in [0.15, 0.2) is 11.0 Å². The maximum Gasteiger partial charge on any atom is 0.247 e. The third-order valence-corrected chi connectivity index (χ3v) is 6.38. The first-order chi connectivity index (χ1) is 16.6. The molecule has 0 fully saturated rings. The summed E-state index contributed by atoms with van der Waals surface area (Å²) in [5, 5.41) is 18.0. The summed E-state index contributed by atoms with van der Waals surface area (Å²) in [5.41, 5.74) is 2.97. The molecule has 1 unspecified atom stereocenters. The molecule has 8 nitrogen and oxygen atoms in total. The summed E-state index contributed by atoms with van der Waals surface area (Å²) in [4.78, 5) is 0. The molecule has 2 aromatic carbocycles. The van der Waals surface area contributed by atoms with Gasteiger partial charge in [-0.15, -0.1) is 20.4 Å². The van der Waals surface area contributed by atoms with Gasteiger partial charge in [-0.05, 0) is 50.2 Å². The summed E-state index contributed by atoms with van der Waals surface area (Å²) in [6, 6.07) is 19.5. The number of thioether (sulfide) groups is 1. The van der Waals surface area contributed by atoms with Gasteiger partial charge < -0.3 is 13.6 Å². The van der Waals surface area contributed by atoms with Crippen LogP contribution in [0, 0.1) is 6.92 Å². The van der Waals surface area contributed by atoms with Crippen molar-refractivity contribution in [3.8, 4) is 28.6 Å². The highest BCUT2D eigenvalue weighted by molar-refractivity contribution is 7.99. The maximum atomic E-state index is 5.98. The van der Waals surface area contributed by atoms with Gasteiger partial charge in [0.25, 0.3) is 0 Å². The van der Waals surface area contributed by atoms with Crippen LogP contribution < -0.4 is 4.74 Å². The van der Waals surface area contributed by atoms with Crippen LogP contribution in [-0.2, 0) is 6.54 Å². The highest BCUT2D eigenvalue weighted by Crippen LogP contribution is 2.36. The van der Waals surface area contributed by atoms with Gasteiger partial charge in [0, 0.05) is 11.1 Å². The monoisotopic (exact) mass is 473 g/mol. The molecule has 1 atom stereocenters. The Balaban J connectivity index is 1.44. The molecule has 34 heavy (non-hydrogen) atoms. The lowest BCUT2D eigenvalue weighted by atomic mass is 10.1. The van der Waals surface area contributed by atoms with Gasteiger partial charge >= 0.3 is 0 Å². The van der Waals surface area contributed by atoms with Gasteiger partial charge in [0.1, 0.15) is 11.5 Å².